The predicted octanol–water partition coefficient (Wildman–Crippen LogP) is 4.35. The largest absolute Gasteiger partial charge is 0.481 e. The van der Waals surface area contributed by atoms with Crippen molar-refractivity contribution in [3.05, 3.63) is 88.4 Å². The number of hydrogen-bond acceptors (Lipinski definition) is 3. The lowest BCUT2D eigenvalue weighted by atomic mass is 9.98. The van der Waals surface area contributed by atoms with Crippen molar-refractivity contribution in [3.63, 3.8) is 0 Å². The van der Waals surface area contributed by atoms with Gasteiger partial charge in [0.15, 0.2) is 0 Å². The number of carboxylic acids is 1. The maximum atomic E-state index is 12.7. The SMILES string of the molecule is NS(=O)(=O)c1c(-c2[nH]c3ccccc3c2CC(=O)O)ccc(Cl)c1Cc1ccccc1. The summed E-state index contributed by atoms with van der Waals surface area (Å²) < 4.78 is 25.5. The first-order valence-electron chi connectivity index (χ1n) is 9.45. The summed E-state index contributed by atoms with van der Waals surface area (Å²) >= 11 is 6.42. The molecule has 4 rings (SSSR count). The molecule has 158 valence electrons. The molecule has 8 heteroatoms. The lowest BCUT2D eigenvalue weighted by Gasteiger charge is -2.16. The number of aromatic amines is 1. The van der Waals surface area contributed by atoms with Gasteiger partial charge in [-0.2, -0.15) is 0 Å². The standard InChI is InChI=1S/C23H19ClN2O4S/c24-19-11-10-16(22-17(13-21(27)28)15-8-4-5-9-20(15)26-22)23(31(25,29)30)18(19)12-14-6-2-1-3-7-14/h1-11,26H,12-13H2,(H,27,28)(H2,25,29,30). The number of hydrogen-bond donors (Lipinski definition) is 3. The number of sulfonamides is 1. The molecule has 0 amide bonds. The van der Waals surface area contributed by atoms with Crippen LogP contribution in [0.3, 0.4) is 0 Å². The first kappa shape index (κ1) is 21.1. The topological polar surface area (TPSA) is 113 Å². The van der Waals surface area contributed by atoms with Gasteiger partial charge in [-0.1, -0.05) is 66.2 Å². The van der Waals surface area contributed by atoms with Crippen molar-refractivity contribution >= 4 is 38.5 Å². The first-order valence-corrected chi connectivity index (χ1v) is 11.4. The van der Waals surface area contributed by atoms with E-state index in [1.807, 2.05) is 42.5 Å². The van der Waals surface area contributed by atoms with E-state index in [9.17, 15) is 18.3 Å². The molecule has 0 radical (unpaired) electrons. The van der Waals surface area contributed by atoms with Gasteiger partial charge in [-0.05, 0) is 28.8 Å². The molecule has 0 aliphatic rings. The molecule has 0 aliphatic carbocycles. The van der Waals surface area contributed by atoms with Gasteiger partial charge in [-0.15, -0.1) is 0 Å². The molecule has 3 aromatic carbocycles. The van der Waals surface area contributed by atoms with Gasteiger partial charge in [0, 0.05) is 27.9 Å². The summed E-state index contributed by atoms with van der Waals surface area (Å²) in [5.41, 5.74) is 3.13. The summed E-state index contributed by atoms with van der Waals surface area (Å²) in [7, 11) is -4.19. The van der Waals surface area contributed by atoms with Gasteiger partial charge in [0.1, 0.15) is 0 Å². The van der Waals surface area contributed by atoms with E-state index in [2.05, 4.69) is 4.98 Å². The lowest BCUT2D eigenvalue weighted by Crippen LogP contribution is -2.17. The predicted molar refractivity (Wildman–Crippen MR) is 121 cm³/mol. The highest BCUT2D eigenvalue weighted by molar-refractivity contribution is 7.89. The number of aromatic nitrogens is 1. The van der Waals surface area contributed by atoms with Crippen LogP contribution >= 0.6 is 11.6 Å². The third kappa shape index (κ3) is 4.20. The van der Waals surface area contributed by atoms with Crippen molar-refractivity contribution in [3.8, 4) is 11.3 Å². The fraction of sp³-hybridized carbons (Fsp3) is 0.0870. The highest BCUT2D eigenvalue weighted by atomic mass is 35.5. The monoisotopic (exact) mass is 454 g/mol. The molecule has 0 atom stereocenters. The fourth-order valence-corrected chi connectivity index (χ4v) is 5.14. The Labute approximate surface area is 184 Å². The van der Waals surface area contributed by atoms with Crippen LogP contribution in [0.4, 0.5) is 0 Å². The molecule has 0 saturated carbocycles. The third-order valence-corrected chi connectivity index (χ3v) is 6.51. The number of primary sulfonamides is 1. The van der Waals surface area contributed by atoms with Crippen molar-refractivity contribution in [2.75, 3.05) is 0 Å². The highest BCUT2D eigenvalue weighted by Crippen LogP contribution is 2.38. The van der Waals surface area contributed by atoms with Crippen LogP contribution in [0.15, 0.2) is 71.6 Å². The van der Waals surface area contributed by atoms with Crippen LogP contribution in [0.1, 0.15) is 16.7 Å². The summed E-state index contributed by atoms with van der Waals surface area (Å²) in [6.45, 7) is 0. The summed E-state index contributed by atoms with van der Waals surface area (Å²) in [5.74, 6) is -1.03. The van der Waals surface area contributed by atoms with E-state index in [0.29, 0.717) is 33.3 Å². The van der Waals surface area contributed by atoms with Crippen LogP contribution in [-0.4, -0.2) is 24.5 Å². The van der Waals surface area contributed by atoms with Gasteiger partial charge in [-0.3, -0.25) is 4.79 Å². The zero-order valence-electron chi connectivity index (χ0n) is 16.3. The molecule has 0 saturated heterocycles. The second kappa shape index (κ2) is 8.19. The van der Waals surface area contributed by atoms with Crippen molar-refractivity contribution in [2.24, 2.45) is 5.14 Å². The van der Waals surface area contributed by atoms with Crippen LogP contribution in [0.25, 0.3) is 22.2 Å². The number of halogens is 1. The van der Waals surface area contributed by atoms with Crippen molar-refractivity contribution in [1.82, 2.24) is 4.98 Å². The number of rotatable bonds is 6. The molecule has 0 bridgehead atoms. The van der Waals surface area contributed by atoms with Gasteiger partial charge in [0.25, 0.3) is 0 Å². The lowest BCUT2D eigenvalue weighted by molar-refractivity contribution is -0.136. The number of fused-ring (bicyclic) bond motifs is 1. The number of benzene rings is 3. The number of carboxylic acid groups (broad SMARTS) is 1. The number of aliphatic carboxylic acids is 1. The Morgan fingerprint density at radius 2 is 1.65 bits per heavy atom. The molecule has 0 aliphatic heterocycles. The molecule has 6 nitrogen and oxygen atoms in total. The Balaban J connectivity index is 2.02. The van der Waals surface area contributed by atoms with Crippen molar-refractivity contribution < 1.29 is 18.3 Å². The summed E-state index contributed by atoms with van der Waals surface area (Å²) in [6, 6.07) is 19.7. The number of nitrogens with one attached hydrogen (secondary N) is 1. The van der Waals surface area contributed by atoms with Gasteiger partial charge < -0.3 is 10.1 Å². The van der Waals surface area contributed by atoms with Crippen LogP contribution in [0, 0.1) is 0 Å². The number of H-pyrrole nitrogens is 1. The molecule has 1 heterocycles. The molecule has 0 spiro atoms. The van der Waals surface area contributed by atoms with Gasteiger partial charge >= 0.3 is 5.97 Å². The molecular formula is C23H19ClN2O4S. The zero-order chi connectivity index (χ0) is 22.2. The minimum atomic E-state index is -4.19. The summed E-state index contributed by atoms with van der Waals surface area (Å²) in [6.07, 6.45) is -0.0200. The second-order valence-electron chi connectivity index (χ2n) is 7.20. The minimum Gasteiger partial charge on any atom is -0.481 e. The van der Waals surface area contributed by atoms with Crippen LogP contribution in [0.2, 0.25) is 5.02 Å². The molecule has 1 aromatic heterocycles. The molecular weight excluding hydrogens is 436 g/mol. The van der Waals surface area contributed by atoms with E-state index < -0.39 is 16.0 Å². The third-order valence-electron chi connectivity index (χ3n) is 5.12. The number of nitrogens with two attached hydrogens (primary N) is 1. The minimum absolute atomic E-state index is 0.109. The van der Waals surface area contributed by atoms with E-state index in [-0.39, 0.29) is 22.8 Å². The average molecular weight is 455 g/mol. The van der Waals surface area contributed by atoms with Crippen LogP contribution in [-0.2, 0) is 27.7 Å². The number of carbonyl (C=O) groups is 1. The van der Waals surface area contributed by atoms with E-state index in [4.69, 9.17) is 16.7 Å². The van der Waals surface area contributed by atoms with Crippen LogP contribution in [0.5, 0.6) is 0 Å². The Morgan fingerprint density at radius 3 is 2.32 bits per heavy atom. The van der Waals surface area contributed by atoms with Crippen molar-refractivity contribution in [1.29, 1.82) is 0 Å². The first-order chi connectivity index (χ1) is 14.8. The Morgan fingerprint density at radius 1 is 0.968 bits per heavy atom. The van der Waals surface area contributed by atoms with Crippen LogP contribution < -0.4 is 5.14 Å². The normalized spacial score (nSPS) is 11.7. The molecule has 4 N–H and O–H groups in total. The van der Waals surface area contributed by atoms with Crippen molar-refractivity contribution in [2.45, 2.75) is 17.7 Å². The molecule has 0 fully saturated rings. The molecule has 31 heavy (non-hydrogen) atoms. The van der Waals surface area contributed by atoms with E-state index in [1.54, 1.807) is 24.3 Å². The van der Waals surface area contributed by atoms with Gasteiger partial charge in [-0.25, -0.2) is 13.6 Å². The summed E-state index contributed by atoms with van der Waals surface area (Å²) in [5, 5.41) is 16.1. The number of para-hydroxylation sites is 1. The second-order valence-corrected chi connectivity index (χ2v) is 9.11. The Bertz CT molecular complexity index is 1400. The Hall–Kier alpha value is -3.13. The maximum Gasteiger partial charge on any atom is 0.307 e. The van der Waals surface area contributed by atoms with E-state index in [0.717, 1.165) is 5.56 Å². The molecule has 0 unspecified atom stereocenters. The highest BCUT2D eigenvalue weighted by Gasteiger charge is 2.26. The smallest absolute Gasteiger partial charge is 0.307 e. The Kier molecular flexibility index (Phi) is 5.58. The zero-order valence-corrected chi connectivity index (χ0v) is 17.9. The van der Waals surface area contributed by atoms with E-state index in [1.165, 1.54) is 0 Å². The quantitative estimate of drug-likeness (QED) is 0.401. The fourth-order valence-electron chi connectivity index (χ4n) is 3.86. The average Bonchev–Trinajstić information content (AvgIpc) is 3.07. The van der Waals surface area contributed by atoms with Gasteiger partial charge in [0.05, 0.1) is 17.0 Å². The van der Waals surface area contributed by atoms with Gasteiger partial charge in [0.2, 0.25) is 10.0 Å². The maximum absolute atomic E-state index is 12.7. The van der Waals surface area contributed by atoms with E-state index >= 15 is 0 Å². The molecule has 4 aromatic rings. The summed E-state index contributed by atoms with van der Waals surface area (Å²) in [4.78, 5) is 14.6.